The predicted octanol–water partition coefficient (Wildman–Crippen LogP) is 1.49. The first-order chi connectivity index (χ1) is 6.90. The maximum atomic E-state index is 5.58. The van der Waals surface area contributed by atoms with Crippen LogP contribution in [0.5, 0.6) is 0 Å². The van der Waals surface area contributed by atoms with Gasteiger partial charge < -0.3 is 9.73 Å². The van der Waals surface area contributed by atoms with Crippen molar-refractivity contribution >= 4 is 0 Å². The van der Waals surface area contributed by atoms with Crippen molar-refractivity contribution in [3.8, 4) is 0 Å². The number of rotatable bonds is 5. The van der Waals surface area contributed by atoms with Gasteiger partial charge in [-0.1, -0.05) is 6.42 Å². The van der Waals surface area contributed by atoms with E-state index in [2.05, 4.69) is 15.5 Å². The number of nitrogens with zero attached hydrogens (tertiary/aromatic N) is 2. The zero-order valence-corrected chi connectivity index (χ0v) is 8.62. The molecule has 1 aliphatic rings. The molecule has 1 fully saturated rings. The van der Waals surface area contributed by atoms with Crippen molar-refractivity contribution in [3.05, 3.63) is 11.8 Å². The molecule has 0 radical (unpaired) electrons. The smallest absolute Gasteiger partial charge is 0.219 e. The molecule has 0 amide bonds. The molecule has 0 spiro atoms. The van der Waals surface area contributed by atoms with E-state index in [1.54, 1.807) is 0 Å². The number of nitrogens with one attached hydrogen (secondary N) is 1. The van der Waals surface area contributed by atoms with Crippen molar-refractivity contribution in [3.63, 3.8) is 0 Å². The average Bonchev–Trinajstić information content (AvgIpc) is 2.51. The zero-order valence-electron chi connectivity index (χ0n) is 8.62. The van der Waals surface area contributed by atoms with E-state index in [1.165, 1.54) is 19.3 Å². The summed E-state index contributed by atoms with van der Waals surface area (Å²) in [5.74, 6) is 2.21. The quantitative estimate of drug-likeness (QED) is 0.723. The number of aromatic nitrogens is 2. The van der Waals surface area contributed by atoms with Crippen LogP contribution < -0.4 is 5.32 Å². The van der Waals surface area contributed by atoms with Gasteiger partial charge >= 0.3 is 0 Å². The first kappa shape index (κ1) is 9.65. The lowest BCUT2D eigenvalue weighted by molar-refractivity contribution is 0.324. The molecule has 1 aromatic rings. The van der Waals surface area contributed by atoms with Gasteiger partial charge in [-0.2, -0.15) is 0 Å². The summed E-state index contributed by atoms with van der Waals surface area (Å²) < 4.78 is 5.58. The first-order valence-electron chi connectivity index (χ1n) is 5.37. The molecule has 1 aliphatic carbocycles. The summed E-state index contributed by atoms with van der Waals surface area (Å²) in [7, 11) is 1.95. The van der Waals surface area contributed by atoms with Crippen LogP contribution in [0, 0.1) is 0 Å². The van der Waals surface area contributed by atoms with Crippen LogP contribution in [-0.4, -0.2) is 23.8 Å². The van der Waals surface area contributed by atoms with Crippen LogP contribution in [-0.2, 0) is 6.42 Å². The lowest BCUT2D eigenvalue weighted by Gasteiger charge is -2.20. The highest BCUT2D eigenvalue weighted by Gasteiger charge is 2.24. The summed E-state index contributed by atoms with van der Waals surface area (Å²) in [6, 6.07) is 0. The fraction of sp³-hybridized carbons (Fsp3) is 0.800. The lowest BCUT2D eigenvalue weighted by Crippen LogP contribution is -2.09. The van der Waals surface area contributed by atoms with E-state index in [0.29, 0.717) is 5.92 Å². The Labute approximate surface area is 84.1 Å². The van der Waals surface area contributed by atoms with Gasteiger partial charge in [0.1, 0.15) is 0 Å². The van der Waals surface area contributed by atoms with Crippen LogP contribution in [0.3, 0.4) is 0 Å². The Morgan fingerprint density at radius 2 is 2.29 bits per heavy atom. The van der Waals surface area contributed by atoms with Gasteiger partial charge in [0.25, 0.3) is 0 Å². The van der Waals surface area contributed by atoms with Crippen LogP contribution in [0.25, 0.3) is 0 Å². The minimum absolute atomic E-state index is 0.556. The molecule has 0 unspecified atom stereocenters. The van der Waals surface area contributed by atoms with Gasteiger partial charge in [-0.25, -0.2) is 0 Å². The Morgan fingerprint density at radius 1 is 1.43 bits per heavy atom. The third kappa shape index (κ3) is 2.12. The van der Waals surface area contributed by atoms with Gasteiger partial charge in [0.05, 0.1) is 0 Å². The fourth-order valence-corrected chi connectivity index (χ4v) is 1.60. The normalized spacial score (nSPS) is 16.9. The average molecular weight is 195 g/mol. The van der Waals surface area contributed by atoms with Crippen LogP contribution in [0.1, 0.15) is 43.4 Å². The van der Waals surface area contributed by atoms with Crippen LogP contribution in [0.2, 0.25) is 0 Å². The molecule has 0 bridgehead atoms. The Morgan fingerprint density at radius 3 is 2.93 bits per heavy atom. The van der Waals surface area contributed by atoms with Crippen LogP contribution in [0.4, 0.5) is 0 Å². The summed E-state index contributed by atoms with van der Waals surface area (Å²) in [6.07, 6.45) is 5.70. The van der Waals surface area contributed by atoms with E-state index in [-0.39, 0.29) is 0 Å². The van der Waals surface area contributed by atoms with E-state index >= 15 is 0 Å². The largest absolute Gasteiger partial charge is 0.425 e. The summed E-state index contributed by atoms with van der Waals surface area (Å²) in [5, 5.41) is 11.2. The van der Waals surface area contributed by atoms with Gasteiger partial charge in [-0.15, -0.1) is 10.2 Å². The van der Waals surface area contributed by atoms with Crippen molar-refractivity contribution < 1.29 is 4.42 Å². The second kappa shape index (κ2) is 4.55. The monoisotopic (exact) mass is 195 g/mol. The van der Waals surface area contributed by atoms with Gasteiger partial charge in [0.2, 0.25) is 11.8 Å². The van der Waals surface area contributed by atoms with E-state index in [4.69, 9.17) is 4.42 Å². The van der Waals surface area contributed by atoms with Crippen molar-refractivity contribution in [1.82, 2.24) is 15.5 Å². The zero-order chi connectivity index (χ0) is 9.80. The van der Waals surface area contributed by atoms with Crippen LogP contribution in [0.15, 0.2) is 4.42 Å². The van der Waals surface area contributed by atoms with Crippen molar-refractivity contribution in [2.75, 3.05) is 13.6 Å². The molecular formula is C10H17N3O. The number of aryl methyl sites for hydroxylation is 1. The minimum atomic E-state index is 0.556. The van der Waals surface area contributed by atoms with Crippen molar-refractivity contribution in [2.45, 2.75) is 38.0 Å². The molecule has 14 heavy (non-hydrogen) atoms. The molecule has 4 heteroatoms. The van der Waals surface area contributed by atoms with E-state index in [9.17, 15) is 0 Å². The molecule has 78 valence electrons. The van der Waals surface area contributed by atoms with Crippen molar-refractivity contribution in [2.24, 2.45) is 0 Å². The number of hydrogen-bond acceptors (Lipinski definition) is 4. The molecule has 0 atom stereocenters. The maximum Gasteiger partial charge on any atom is 0.219 e. The molecule has 1 saturated carbocycles. The second-order valence-corrected chi connectivity index (χ2v) is 3.87. The topological polar surface area (TPSA) is 51.0 Å². The lowest BCUT2D eigenvalue weighted by atomic mass is 9.85. The van der Waals surface area contributed by atoms with Gasteiger partial charge in [-0.05, 0) is 32.9 Å². The summed E-state index contributed by atoms with van der Waals surface area (Å²) >= 11 is 0. The molecule has 0 saturated heterocycles. The van der Waals surface area contributed by atoms with Gasteiger partial charge in [-0.3, -0.25) is 0 Å². The van der Waals surface area contributed by atoms with Gasteiger partial charge in [0, 0.05) is 12.3 Å². The highest BCUT2D eigenvalue weighted by atomic mass is 16.4. The molecule has 0 aromatic carbocycles. The Kier molecular flexibility index (Phi) is 3.14. The minimum Gasteiger partial charge on any atom is -0.425 e. The third-order valence-electron chi connectivity index (χ3n) is 2.75. The molecule has 4 nitrogen and oxygen atoms in total. The fourth-order valence-electron chi connectivity index (χ4n) is 1.60. The van der Waals surface area contributed by atoms with Crippen molar-refractivity contribution in [1.29, 1.82) is 0 Å². The Hall–Kier alpha value is -0.900. The second-order valence-electron chi connectivity index (χ2n) is 3.87. The molecular weight excluding hydrogens is 178 g/mol. The number of hydrogen-bond donors (Lipinski definition) is 1. The predicted molar refractivity (Wildman–Crippen MR) is 53.1 cm³/mol. The van der Waals surface area contributed by atoms with E-state index in [0.717, 1.165) is 31.2 Å². The molecule has 1 N–H and O–H groups in total. The van der Waals surface area contributed by atoms with E-state index in [1.807, 2.05) is 7.05 Å². The first-order valence-corrected chi connectivity index (χ1v) is 5.37. The third-order valence-corrected chi connectivity index (χ3v) is 2.75. The summed E-state index contributed by atoms with van der Waals surface area (Å²) in [5.41, 5.74) is 0. The maximum absolute atomic E-state index is 5.58. The standard InChI is InChI=1S/C10H17N3O/c1-11-7-3-6-9-12-13-10(14-9)8-4-2-5-8/h8,11H,2-7H2,1H3. The Bertz CT molecular complexity index is 281. The molecule has 2 rings (SSSR count). The Balaban J connectivity index is 1.83. The van der Waals surface area contributed by atoms with Gasteiger partial charge in [0.15, 0.2) is 0 Å². The SMILES string of the molecule is CNCCCc1nnc(C2CCC2)o1. The highest BCUT2D eigenvalue weighted by Crippen LogP contribution is 2.35. The summed E-state index contributed by atoms with van der Waals surface area (Å²) in [4.78, 5) is 0. The molecule has 0 aliphatic heterocycles. The molecule has 1 heterocycles. The van der Waals surface area contributed by atoms with Crippen LogP contribution >= 0.6 is 0 Å². The highest BCUT2D eigenvalue weighted by molar-refractivity contribution is 4.96. The molecule has 1 aromatic heterocycles. The van der Waals surface area contributed by atoms with E-state index < -0.39 is 0 Å². The summed E-state index contributed by atoms with van der Waals surface area (Å²) in [6.45, 7) is 1.00.